The first kappa shape index (κ1) is 75.9. The van der Waals surface area contributed by atoms with Gasteiger partial charge >= 0.3 is 23.9 Å². The number of rotatable bonds is 53. The molecule has 0 aromatic heterocycles. The molecule has 0 radical (unpaired) electrons. The smallest absolute Gasteiger partial charge is 0.335 e. The molecule has 0 spiro atoms. The lowest BCUT2D eigenvalue weighted by Gasteiger charge is -2.40. The Labute approximate surface area is 502 Å². The van der Waals surface area contributed by atoms with Crippen molar-refractivity contribution >= 4 is 23.9 Å². The van der Waals surface area contributed by atoms with E-state index in [1.54, 1.807) is 0 Å². The second-order valence-corrected chi connectivity index (χ2v) is 21.3. The second-order valence-electron chi connectivity index (χ2n) is 21.3. The molecule has 1 rings (SSSR count). The van der Waals surface area contributed by atoms with Crippen molar-refractivity contribution in [1.82, 2.24) is 0 Å². The van der Waals surface area contributed by atoms with E-state index in [0.29, 0.717) is 19.3 Å². The second kappa shape index (κ2) is 57.3. The van der Waals surface area contributed by atoms with Gasteiger partial charge in [-0.1, -0.05) is 231 Å². The Morgan fingerprint density at radius 2 is 0.783 bits per heavy atom. The summed E-state index contributed by atoms with van der Waals surface area (Å²) in [6, 6.07) is 0. The Bertz CT molecular complexity index is 1950. The van der Waals surface area contributed by atoms with Crippen LogP contribution in [0.1, 0.15) is 239 Å². The molecule has 0 aliphatic carbocycles. The number of unbranched alkanes of at least 4 members (excludes halogenated alkanes) is 17. The van der Waals surface area contributed by atoms with Gasteiger partial charge in [-0.2, -0.15) is 0 Å². The summed E-state index contributed by atoms with van der Waals surface area (Å²) in [5.74, 6) is -3.28. The molecule has 0 aromatic carbocycles. The molecule has 1 heterocycles. The van der Waals surface area contributed by atoms with Crippen molar-refractivity contribution in [1.29, 1.82) is 0 Å². The van der Waals surface area contributed by atoms with Crippen molar-refractivity contribution in [3.05, 3.63) is 134 Å². The number of aliphatic hydroxyl groups is 2. The Balaban J connectivity index is 2.74. The zero-order valence-electron chi connectivity index (χ0n) is 51.6. The highest BCUT2D eigenvalue weighted by Crippen LogP contribution is 2.26. The molecule has 1 aliphatic heterocycles. The minimum Gasteiger partial charge on any atom is -0.479 e. The van der Waals surface area contributed by atoms with Crippen LogP contribution in [0, 0.1) is 0 Å². The van der Waals surface area contributed by atoms with Crippen LogP contribution < -0.4 is 0 Å². The van der Waals surface area contributed by atoms with Gasteiger partial charge in [0, 0.05) is 19.3 Å². The van der Waals surface area contributed by atoms with Crippen LogP contribution in [0.4, 0.5) is 0 Å². The standard InChI is InChI=1S/C71H112O12/c1-4-7-10-13-16-19-22-25-28-31-32-35-36-39-42-45-48-51-54-57-63(72)79-60-62(81-64(73)58-55-52-49-46-43-40-37-33-29-26-23-20-17-14-11-8-5-2)61-80-71-69(67(76)66(75)68(83-71)70(77)78)82-65(74)59-56-53-50-47-44-41-38-34-30-27-24-21-18-15-12-9-6-3/h7-8,10-11,16-17,19-20,25-30,32,35,37,39-40,42,48,51,62,66-69,71,75-76H,4-6,9,12-15,18,21-24,31,33-34,36,38,41,43-47,49-50,52-61H2,1-3H3,(H,77,78)/b10-7-,11-8-,19-16-,20-17-,28-25-,29-26-,30-27-,35-32-,40-37-,42-39-,51-48-. The third-order valence-electron chi connectivity index (χ3n) is 13.7. The van der Waals surface area contributed by atoms with E-state index in [-0.39, 0.29) is 25.9 Å². The van der Waals surface area contributed by atoms with E-state index in [2.05, 4.69) is 142 Å². The Hall–Kier alpha value is -5.14. The summed E-state index contributed by atoms with van der Waals surface area (Å²) in [5, 5.41) is 31.6. The summed E-state index contributed by atoms with van der Waals surface area (Å²) in [6.45, 7) is 5.68. The van der Waals surface area contributed by atoms with E-state index in [1.807, 2.05) is 12.2 Å². The number of hydrogen-bond donors (Lipinski definition) is 3. The first-order valence-electron chi connectivity index (χ1n) is 32.2. The number of esters is 3. The summed E-state index contributed by atoms with van der Waals surface area (Å²) in [6.07, 6.45) is 68.5. The van der Waals surface area contributed by atoms with Crippen LogP contribution >= 0.6 is 0 Å². The van der Waals surface area contributed by atoms with Gasteiger partial charge in [0.25, 0.3) is 0 Å². The fourth-order valence-corrected chi connectivity index (χ4v) is 8.85. The monoisotopic (exact) mass is 1160 g/mol. The SMILES string of the molecule is CC/C=C\C/C=C\C/C=C\C/C=C\C/C=C\C/C=C\CCC(=O)OCC(COC1OC(C(=O)O)C(O)C(O)C1OC(=O)CCCCCCCCC/C=C\CCCCCCCC)OC(=O)CCCCCC/C=C\C/C=C\C/C=C\C/C=C\CC. The van der Waals surface area contributed by atoms with Crippen LogP contribution in [-0.4, -0.2) is 89.2 Å². The molecular formula is C71H112O12. The van der Waals surface area contributed by atoms with Gasteiger partial charge in [0.05, 0.1) is 6.61 Å². The summed E-state index contributed by atoms with van der Waals surface area (Å²) in [7, 11) is 0. The highest BCUT2D eigenvalue weighted by Gasteiger charge is 2.50. The number of carbonyl (C=O) groups is 4. The molecule has 0 aromatic rings. The van der Waals surface area contributed by atoms with E-state index < -0.39 is 67.3 Å². The number of carbonyl (C=O) groups excluding carboxylic acids is 3. The molecule has 6 unspecified atom stereocenters. The summed E-state index contributed by atoms with van der Waals surface area (Å²) >= 11 is 0. The van der Waals surface area contributed by atoms with Crippen molar-refractivity contribution < 1.29 is 58.2 Å². The van der Waals surface area contributed by atoms with Crippen LogP contribution in [0.25, 0.3) is 0 Å². The normalized spacial score (nSPS) is 18.5. The van der Waals surface area contributed by atoms with Gasteiger partial charge in [-0.05, 0) is 122 Å². The van der Waals surface area contributed by atoms with Crippen LogP contribution in [0.5, 0.6) is 0 Å². The van der Waals surface area contributed by atoms with Gasteiger partial charge in [0.15, 0.2) is 24.6 Å². The minimum atomic E-state index is -1.93. The quantitative estimate of drug-likeness (QED) is 0.0228. The van der Waals surface area contributed by atoms with Gasteiger partial charge in [-0.25, -0.2) is 4.79 Å². The molecule has 1 fully saturated rings. The average Bonchev–Trinajstić information content (AvgIpc) is 3.59. The van der Waals surface area contributed by atoms with Gasteiger partial charge in [0.1, 0.15) is 18.8 Å². The lowest BCUT2D eigenvalue weighted by Crippen LogP contribution is -2.61. The minimum absolute atomic E-state index is 0.0387. The predicted octanol–water partition coefficient (Wildman–Crippen LogP) is 17.3. The molecule has 1 aliphatic rings. The molecule has 0 amide bonds. The molecular weight excluding hydrogens is 1040 g/mol. The highest BCUT2D eigenvalue weighted by molar-refractivity contribution is 5.74. The maximum atomic E-state index is 13.2. The Morgan fingerprint density at radius 1 is 0.410 bits per heavy atom. The third kappa shape index (κ3) is 46.9. The molecule has 1 saturated heterocycles. The molecule has 12 heteroatoms. The van der Waals surface area contributed by atoms with Crippen LogP contribution in [0.15, 0.2) is 134 Å². The number of ether oxygens (including phenoxy) is 5. The first-order chi connectivity index (χ1) is 40.6. The number of aliphatic hydroxyl groups excluding tert-OH is 2. The molecule has 468 valence electrons. The topological polar surface area (TPSA) is 175 Å². The lowest BCUT2D eigenvalue weighted by molar-refractivity contribution is -0.301. The first-order valence-corrected chi connectivity index (χ1v) is 32.2. The third-order valence-corrected chi connectivity index (χ3v) is 13.7. The highest BCUT2D eigenvalue weighted by atomic mass is 16.7. The van der Waals surface area contributed by atoms with Gasteiger partial charge in [-0.15, -0.1) is 0 Å². The van der Waals surface area contributed by atoms with Crippen LogP contribution in [-0.2, 0) is 42.9 Å². The number of carboxylic acid groups (broad SMARTS) is 1. The fraction of sp³-hybridized carbons (Fsp3) is 0.634. The van der Waals surface area contributed by atoms with E-state index >= 15 is 0 Å². The summed E-state index contributed by atoms with van der Waals surface area (Å²) in [5.41, 5.74) is 0. The van der Waals surface area contributed by atoms with Gasteiger partial charge < -0.3 is 39.0 Å². The van der Waals surface area contributed by atoms with E-state index in [9.17, 15) is 34.5 Å². The molecule has 12 nitrogen and oxygen atoms in total. The summed E-state index contributed by atoms with van der Waals surface area (Å²) in [4.78, 5) is 51.3. The van der Waals surface area contributed by atoms with Crippen molar-refractivity contribution in [2.24, 2.45) is 0 Å². The number of aliphatic carboxylic acids is 1. The van der Waals surface area contributed by atoms with Gasteiger partial charge in [0.2, 0.25) is 0 Å². The van der Waals surface area contributed by atoms with E-state index in [1.165, 1.54) is 38.5 Å². The molecule has 3 N–H and O–H groups in total. The maximum Gasteiger partial charge on any atom is 0.335 e. The van der Waals surface area contributed by atoms with Crippen LogP contribution in [0.3, 0.4) is 0 Å². The predicted molar refractivity (Wildman–Crippen MR) is 340 cm³/mol. The largest absolute Gasteiger partial charge is 0.479 e. The summed E-state index contributed by atoms with van der Waals surface area (Å²) < 4.78 is 28.4. The van der Waals surface area contributed by atoms with Gasteiger partial charge in [-0.3, -0.25) is 14.4 Å². The Kier molecular flexibility index (Phi) is 52.4. The molecule has 0 saturated carbocycles. The maximum absolute atomic E-state index is 13.2. The molecule has 6 atom stereocenters. The van der Waals surface area contributed by atoms with Crippen molar-refractivity contribution in [3.8, 4) is 0 Å². The average molecular weight is 1160 g/mol. The van der Waals surface area contributed by atoms with E-state index in [4.69, 9.17) is 23.7 Å². The van der Waals surface area contributed by atoms with E-state index in [0.717, 1.165) is 141 Å². The van der Waals surface area contributed by atoms with Crippen molar-refractivity contribution in [3.63, 3.8) is 0 Å². The number of carboxylic acids is 1. The zero-order chi connectivity index (χ0) is 60.3. The van der Waals surface area contributed by atoms with Crippen LogP contribution in [0.2, 0.25) is 0 Å². The zero-order valence-corrected chi connectivity index (χ0v) is 51.6. The lowest BCUT2D eigenvalue weighted by atomic mass is 9.98. The van der Waals surface area contributed by atoms with Crippen molar-refractivity contribution in [2.45, 2.75) is 276 Å². The van der Waals surface area contributed by atoms with Crippen molar-refractivity contribution in [2.75, 3.05) is 13.2 Å². The fourth-order valence-electron chi connectivity index (χ4n) is 8.85. The number of hydrogen-bond acceptors (Lipinski definition) is 11. The Morgan fingerprint density at radius 3 is 1.22 bits per heavy atom. The molecule has 83 heavy (non-hydrogen) atoms. The molecule has 0 bridgehead atoms. The number of allylic oxidation sites excluding steroid dienone is 22.